The maximum Gasteiger partial charge on any atom is 0.326 e. The van der Waals surface area contributed by atoms with Crippen molar-refractivity contribution in [1.82, 2.24) is 15.3 Å². The highest BCUT2D eigenvalue weighted by Gasteiger charge is 2.10. The number of hydrogen-bond acceptors (Lipinski definition) is 4. The number of benzene rings is 2. The van der Waals surface area contributed by atoms with Crippen molar-refractivity contribution >= 4 is 35.2 Å². The molecule has 3 aromatic rings. The van der Waals surface area contributed by atoms with Gasteiger partial charge in [0.1, 0.15) is 5.82 Å². The van der Waals surface area contributed by atoms with Gasteiger partial charge in [-0.15, -0.1) is 0 Å². The topological polar surface area (TPSA) is 91.3 Å². The third-order valence-electron chi connectivity index (χ3n) is 3.86. The summed E-state index contributed by atoms with van der Waals surface area (Å²) in [5.74, 6) is 0.112. The van der Waals surface area contributed by atoms with E-state index < -0.39 is 6.03 Å². The van der Waals surface area contributed by atoms with E-state index >= 15 is 0 Å². The Morgan fingerprint density at radius 2 is 1.73 bits per heavy atom. The lowest BCUT2D eigenvalue weighted by atomic mass is 10.2. The van der Waals surface area contributed by atoms with Crippen molar-refractivity contribution in [3.63, 3.8) is 0 Å². The maximum atomic E-state index is 13.1. The lowest BCUT2D eigenvalue weighted by molar-refractivity contribution is 0.256. The minimum Gasteiger partial charge on any atom is -0.308 e. The van der Waals surface area contributed by atoms with Gasteiger partial charge in [0.2, 0.25) is 11.9 Å². The first-order valence-electron chi connectivity index (χ1n) is 9.09. The summed E-state index contributed by atoms with van der Waals surface area (Å²) in [5.41, 5.74) is 2.84. The monoisotopic (exact) mass is 426 g/mol. The van der Waals surface area contributed by atoms with Crippen molar-refractivity contribution in [3.8, 4) is 0 Å². The van der Waals surface area contributed by atoms with Gasteiger partial charge in [-0.1, -0.05) is 29.8 Å². The van der Waals surface area contributed by atoms with Crippen LogP contribution in [0, 0.1) is 19.7 Å². The van der Waals surface area contributed by atoms with Gasteiger partial charge in [-0.25, -0.2) is 24.1 Å². The molecular formula is C21H20ClFN6O. The van der Waals surface area contributed by atoms with Gasteiger partial charge in [-0.2, -0.15) is 0 Å². The number of carbonyl (C=O) groups excluding carboxylic acids is 1. The van der Waals surface area contributed by atoms with Crippen molar-refractivity contribution in [3.05, 3.63) is 82.4 Å². The lowest BCUT2D eigenvalue weighted by Gasteiger charge is -2.12. The van der Waals surface area contributed by atoms with E-state index in [1.165, 1.54) is 12.1 Å². The van der Waals surface area contributed by atoms with Gasteiger partial charge in [0.05, 0.1) is 6.54 Å². The van der Waals surface area contributed by atoms with E-state index in [4.69, 9.17) is 11.6 Å². The van der Waals surface area contributed by atoms with E-state index in [1.807, 2.05) is 19.9 Å². The normalized spacial score (nSPS) is 11.1. The number of halogens is 2. The summed E-state index contributed by atoms with van der Waals surface area (Å²) in [7, 11) is 0. The van der Waals surface area contributed by atoms with E-state index in [0.29, 0.717) is 16.7 Å². The zero-order valence-electron chi connectivity index (χ0n) is 16.4. The van der Waals surface area contributed by atoms with Crippen LogP contribution in [0.3, 0.4) is 0 Å². The van der Waals surface area contributed by atoms with Crippen LogP contribution in [0.5, 0.6) is 0 Å². The number of aromatic nitrogens is 2. The van der Waals surface area contributed by atoms with E-state index in [-0.39, 0.29) is 18.3 Å². The highest BCUT2D eigenvalue weighted by molar-refractivity contribution is 6.30. The number of anilines is 2. The van der Waals surface area contributed by atoms with Gasteiger partial charge < -0.3 is 5.32 Å². The van der Waals surface area contributed by atoms with Gasteiger partial charge in [0, 0.05) is 22.1 Å². The minimum atomic E-state index is -0.521. The summed E-state index contributed by atoms with van der Waals surface area (Å²) in [6.07, 6.45) is 0. The maximum absolute atomic E-state index is 13.1. The highest BCUT2D eigenvalue weighted by atomic mass is 35.5. The Bertz CT molecular complexity index is 1050. The molecule has 0 fully saturated rings. The summed E-state index contributed by atoms with van der Waals surface area (Å²) in [6.45, 7) is 3.90. The quantitative estimate of drug-likeness (QED) is 0.417. The Hall–Kier alpha value is -3.52. The molecule has 0 aliphatic carbocycles. The molecule has 0 saturated carbocycles. The molecule has 7 nitrogen and oxygen atoms in total. The number of hydrogen-bond donors (Lipinski definition) is 3. The van der Waals surface area contributed by atoms with Gasteiger partial charge in [-0.3, -0.25) is 10.6 Å². The van der Waals surface area contributed by atoms with Crippen molar-refractivity contribution in [1.29, 1.82) is 0 Å². The molecule has 0 atom stereocenters. The summed E-state index contributed by atoms with van der Waals surface area (Å²) < 4.78 is 13.1. The Kier molecular flexibility index (Phi) is 6.92. The Labute approximate surface area is 178 Å². The molecule has 0 aliphatic rings. The van der Waals surface area contributed by atoms with Crippen molar-refractivity contribution in [2.45, 2.75) is 20.4 Å². The number of carbonyl (C=O) groups is 1. The number of amides is 2. The zero-order valence-corrected chi connectivity index (χ0v) is 17.2. The predicted octanol–water partition coefficient (Wildman–Crippen LogP) is 4.68. The van der Waals surface area contributed by atoms with Crippen LogP contribution in [-0.4, -0.2) is 22.0 Å². The third kappa shape index (κ3) is 6.52. The molecule has 0 spiro atoms. The molecule has 2 amide bonds. The van der Waals surface area contributed by atoms with E-state index in [9.17, 15) is 9.18 Å². The van der Waals surface area contributed by atoms with Gasteiger partial charge >= 0.3 is 6.03 Å². The van der Waals surface area contributed by atoms with E-state index in [0.717, 1.165) is 17.0 Å². The fourth-order valence-electron chi connectivity index (χ4n) is 2.59. The van der Waals surface area contributed by atoms with Crippen molar-refractivity contribution in [2.75, 3.05) is 10.6 Å². The molecule has 1 heterocycles. The molecule has 30 heavy (non-hydrogen) atoms. The van der Waals surface area contributed by atoms with E-state index in [2.05, 4.69) is 30.9 Å². The number of aliphatic imine (C=N–C) groups is 1. The molecule has 0 bridgehead atoms. The molecule has 3 rings (SSSR count). The molecule has 2 aromatic carbocycles. The van der Waals surface area contributed by atoms with Crippen LogP contribution >= 0.6 is 11.6 Å². The molecule has 1 aromatic heterocycles. The predicted molar refractivity (Wildman–Crippen MR) is 116 cm³/mol. The summed E-state index contributed by atoms with van der Waals surface area (Å²) in [4.78, 5) is 25.4. The van der Waals surface area contributed by atoms with Crippen LogP contribution in [0.2, 0.25) is 5.02 Å². The molecule has 9 heteroatoms. The van der Waals surface area contributed by atoms with Crippen LogP contribution in [0.4, 0.5) is 20.8 Å². The second kappa shape index (κ2) is 9.80. The molecule has 0 unspecified atom stereocenters. The number of nitrogens with one attached hydrogen (secondary N) is 3. The van der Waals surface area contributed by atoms with Crippen molar-refractivity contribution < 1.29 is 9.18 Å². The number of guanidine groups is 1. The molecule has 0 radical (unpaired) electrons. The van der Waals surface area contributed by atoms with Crippen LogP contribution in [0.15, 0.2) is 59.6 Å². The highest BCUT2D eigenvalue weighted by Crippen LogP contribution is 2.14. The summed E-state index contributed by atoms with van der Waals surface area (Å²) in [6, 6.07) is 14.0. The van der Waals surface area contributed by atoms with Crippen LogP contribution in [0.25, 0.3) is 0 Å². The first-order chi connectivity index (χ1) is 14.4. The fraction of sp³-hybridized carbons (Fsp3) is 0.143. The van der Waals surface area contributed by atoms with E-state index in [1.54, 1.807) is 36.4 Å². The van der Waals surface area contributed by atoms with Crippen LogP contribution < -0.4 is 16.0 Å². The first-order valence-corrected chi connectivity index (χ1v) is 9.47. The second-order valence-electron chi connectivity index (χ2n) is 6.48. The fourth-order valence-corrected chi connectivity index (χ4v) is 2.78. The Balaban J connectivity index is 1.77. The average molecular weight is 427 g/mol. The molecule has 154 valence electrons. The Morgan fingerprint density at radius 3 is 2.40 bits per heavy atom. The summed E-state index contributed by atoms with van der Waals surface area (Å²) in [5, 5.41) is 8.75. The summed E-state index contributed by atoms with van der Waals surface area (Å²) >= 11 is 5.95. The van der Waals surface area contributed by atoms with Gasteiger partial charge in [0.15, 0.2) is 0 Å². The number of aryl methyl sites for hydroxylation is 2. The lowest BCUT2D eigenvalue weighted by Crippen LogP contribution is -2.39. The van der Waals surface area contributed by atoms with Gasteiger partial charge in [0.25, 0.3) is 0 Å². The standard InChI is InChI=1S/C21H20ClFN6O/c1-13-10-14(2)26-20(25-13)28-19(24-12-15-6-8-17(23)9-7-15)29-21(30)27-18-5-3-4-16(22)11-18/h3-11H,12H2,1-2H3,(H3,24,25,26,27,28,29,30). The minimum absolute atomic E-state index is 0.142. The van der Waals surface area contributed by atoms with Crippen LogP contribution in [-0.2, 0) is 6.54 Å². The van der Waals surface area contributed by atoms with Crippen LogP contribution in [0.1, 0.15) is 17.0 Å². The molecule has 0 saturated heterocycles. The largest absolute Gasteiger partial charge is 0.326 e. The SMILES string of the molecule is Cc1cc(C)nc(NC(=NCc2ccc(F)cc2)NC(=O)Nc2cccc(Cl)c2)n1. The number of rotatable bonds is 4. The van der Waals surface area contributed by atoms with Crippen molar-refractivity contribution in [2.24, 2.45) is 4.99 Å². The molecule has 3 N–H and O–H groups in total. The average Bonchev–Trinajstić information content (AvgIpc) is 2.66. The smallest absolute Gasteiger partial charge is 0.308 e. The number of urea groups is 1. The first kappa shape index (κ1) is 21.2. The molecular weight excluding hydrogens is 407 g/mol. The number of nitrogens with zero attached hydrogens (tertiary/aromatic N) is 3. The second-order valence-corrected chi connectivity index (χ2v) is 6.92. The van der Waals surface area contributed by atoms with Gasteiger partial charge in [-0.05, 0) is 55.8 Å². The third-order valence-corrected chi connectivity index (χ3v) is 4.10. The Morgan fingerprint density at radius 1 is 1.03 bits per heavy atom. The molecule has 0 aliphatic heterocycles. The zero-order chi connectivity index (χ0) is 21.5.